The molecule has 18 heavy (non-hydrogen) atoms. The lowest BCUT2D eigenvalue weighted by Crippen LogP contribution is -2.05. The molecule has 2 nitrogen and oxygen atoms in total. The molecule has 1 aromatic rings. The van der Waals surface area contributed by atoms with Crippen LogP contribution in [0.1, 0.15) is 31.7 Å². The second-order valence-electron chi connectivity index (χ2n) is 4.47. The summed E-state index contributed by atoms with van der Waals surface area (Å²) in [6, 6.07) is 6.36. The molecule has 0 fully saturated rings. The van der Waals surface area contributed by atoms with Gasteiger partial charge in [0, 0.05) is 6.54 Å². The first kappa shape index (κ1) is 15.2. The largest absolute Gasteiger partial charge is 0.491 e. The smallest absolute Gasteiger partial charge is 0.142 e. The van der Waals surface area contributed by atoms with Crippen LogP contribution >= 0.6 is 11.8 Å². The summed E-state index contributed by atoms with van der Waals surface area (Å²) >= 11 is 1.91. The lowest BCUT2D eigenvalue weighted by atomic mass is 10.2. The maximum absolute atomic E-state index is 5.78. The van der Waals surface area contributed by atoms with Crippen LogP contribution in [0.5, 0.6) is 5.75 Å². The molecule has 0 aromatic heterocycles. The van der Waals surface area contributed by atoms with Gasteiger partial charge in [-0.05, 0) is 55.9 Å². The van der Waals surface area contributed by atoms with Gasteiger partial charge in [-0.15, -0.1) is 0 Å². The molecule has 0 radical (unpaired) electrons. The topological polar surface area (TPSA) is 21.3 Å². The number of ether oxygens (including phenoxy) is 1. The Hall–Kier alpha value is -0.830. The molecule has 1 rings (SSSR count). The van der Waals surface area contributed by atoms with Gasteiger partial charge < -0.3 is 10.1 Å². The van der Waals surface area contributed by atoms with Crippen LogP contribution in [0.4, 0.5) is 5.69 Å². The Labute approximate surface area is 116 Å². The highest BCUT2D eigenvalue weighted by Crippen LogP contribution is 2.25. The van der Waals surface area contributed by atoms with Crippen molar-refractivity contribution in [1.82, 2.24) is 0 Å². The Morgan fingerprint density at radius 2 is 2.11 bits per heavy atom. The zero-order chi connectivity index (χ0) is 13.2. The van der Waals surface area contributed by atoms with Gasteiger partial charge in [-0.1, -0.05) is 13.0 Å². The van der Waals surface area contributed by atoms with Gasteiger partial charge in [0.25, 0.3) is 0 Å². The molecule has 3 heteroatoms. The van der Waals surface area contributed by atoms with E-state index in [9.17, 15) is 0 Å². The molecular weight excluding hydrogens is 242 g/mol. The maximum Gasteiger partial charge on any atom is 0.142 e. The molecule has 1 aromatic carbocycles. The molecule has 0 aliphatic rings. The third kappa shape index (κ3) is 5.67. The van der Waals surface area contributed by atoms with Crippen LogP contribution in [0.3, 0.4) is 0 Å². The molecule has 0 saturated heterocycles. The number of hydrogen-bond donors (Lipinski definition) is 1. The van der Waals surface area contributed by atoms with Crippen LogP contribution < -0.4 is 10.1 Å². The summed E-state index contributed by atoms with van der Waals surface area (Å²) in [5.74, 6) is 2.23. The summed E-state index contributed by atoms with van der Waals surface area (Å²) in [6.45, 7) is 6.03. The molecule has 0 heterocycles. The number of unbranched alkanes of at least 4 members (excludes halogenated alkanes) is 1. The molecule has 102 valence electrons. The van der Waals surface area contributed by atoms with Crippen LogP contribution in [0.15, 0.2) is 18.2 Å². The van der Waals surface area contributed by atoms with E-state index < -0.39 is 0 Å². The van der Waals surface area contributed by atoms with Crippen molar-refractivity contribution >= 4 is 17.4 Å². The average Bonchev–Trinajstić information content (AvgIpc) is 2.38. The number of nitrogens with one attached hydrogen (secondary N) is 1. The maximum atomic E-state index is 5.78. The third-order valence-electron chi connectivity index (χ3n) is 2.69. The molecular formula is C15H25NOS. The number of benzene rings is 1. The van der Waals surface area contributed by atoms with Crippen LogP contribution in [0.25, 0.3) is 0 Å². The molecule has 0 spiro atoms. The number of rotatable bonds is 9. The predicted molar refractivity (Wildman–Crippen MR) is 83.1 cm³/mol. The van der Waals surface area contributed by atoms with Gasteiger partial charge in [0.05, 0.1) is 12.3 Å². The van der Waals surface area contributed by atoms with E-state index in [2.05, 4.69) is 43.6 Å². The van der Waals surface area contributed by atoms with Crippen molar-refractivity contribution in [3.05, 3.63) is 23.8 Å². The van der Waals surface area contributed by atoms with Gasteiger partial charge in [-0.25, -0.2) is 0 Å². The van der Waals surface area contributed by atoms with Gasteiger partial charge in [0.2, 0.25) is 0 Å². The van der Waals surface area contributed by atoms with Crippen molar-refractivity contribution in [1.29, 1.82) is 0 Å². The van der Waals surface area contributed by atoms with Gasteiger partial charge >= 0.3 is 0 Å². The fourth-order valence-corrected chi connectivity index (χ4v) is 2.19. The summed E-state index contributed by atoms with van der Waals surface area (Å²) in [5.41, 5.74) is 2.37. The summed E-state index contributed by atoms with van der Waals surface area (Å²) < 4.78 is 5.78. The quantitative estimate of drug-likeness (QED) is 0.673. The average molecular weight is 267 g/mol. The molecule has 0 bridgehead atoms. The molecule has 0 saturated carbocycles. The van der Waals surface area contributed by atoms with Gasteiger partial charge in [0.1, 0.15) is 5.75 Å². The minimum atomic E-state index is 0.782. The Morgan fingerprint density at radius 3 is 2.83 bits per heavy atom. The molecule has 0 atom stereocenters. The van der Waals surface area contributed by atoms with E-state index in [1.165, 1.54) is 24.2 Å². The fourth-order valence-electron chi connectivity index (χ4n) is 1.70. The Morgan fingerprint density at radius 1 is 1.28 bits per heavy atom. The Bertz CT molecular complexity index is 341. The first-order chi connectivity index (χ1) is 8.77. The fraction of sp³-hybridized carbons (Fsp3) is 0.600. The normalized spacial score (nSPS) is 10.4. The second kappa shape index (κ2) is 9.15. The summed E-state index contributed by atoms with van der Waals surface area (Å²) in [5, 5.41) is 3.47. The standard InChI is InChI=1S/C15H25NOS/c1-4-10-17-15-12-13(2)7-8-14(15)16-9-5-6-11-18-3/h7-8,12,16H,4-6,9-11H2,1-3H3. The number of aryl methyl sites for hydroxylation is 1. The third-order valence-corrected chi connectivity index (χ3v) is 3.39. The highest BCUT2D eigenvalue weighted by Gasteiger charge is 2.03. The number of anilines is 1. The lowest BCUT2D eigenvalue weighted by Gasteiger charge is -2.13. The zero-order valence-corrected chi connectivity index (χ0v) is 12.6. The number of thioether (sulfide) groups is 1. The summed E-state index contributed by atoms with van der Waals surface area (Å²) in [7, 11) is 0. The number of hydrogen-bond acceptors (Lipinski definition) is 3. The van der Waals surface area contributed by atoms with E-state index in [1.54, 1.807) is 0 Å². The van der Waals surface area contributed by atoms with E-state index in [4.69, 9.17) is 4.74 Å². The zero-order valence-electron chi connectivity index (χ0n) is 11.8. The molecule has 0 amide bonds. The van der Waals surface area contributed by atoms with Gasteiger partial charge in [0.15, 0.2) is 0 Å². The summed E-state index contributed by atoms with van der Waals surface area (Å²) in [4.78, 5) is 0. The Balaban J connectivity index is 2.47. The summed E-state index contributed by atoms with van der Waals surface area (Å²) in [6.07, 6.45) is 5.68. The van der Waals surface area contributed by atoms with Crippen molar-refractivity contribution in [3.8, 4) is 5.75 Å². The van der Waals surface area contributed by atoms with Crippen molar-refractivity contribution in [3.63, 3.8) is 0 Å². The monoisotopic (exact) mass is 267 g/mol. The highest BCUT2D eigenvalue weighted by atomic mass is 32.2. The first-order valence-corrected chi connectivity index (χ1v) is 8.13. The predicted octanol–water partition coefficient (Wildman–Crippen LogP) is 4.34. The first-order valence-electron chi connectivity index (χ1n) is 6.74. The Kier molecular flexibility index (Phi) is 7.74. The van der Waals surface area contributed by atoms with E-state index in [-0.39, 0.29) is 0 Å². The molecule has 1 N–H and O–H groups in total. The van der Waals surface area contributed by atoms with Gasteiger partial charge in [-0.3, -0.25) is 0 Å². The van der Waals surface area contributed by atoms with E-state index in [0.717, 1.165) is 31.0 Å². The second-order valence-corrected chi connectivity index (χ2v) is 5.46. The lowest BCUT2D eigenvalue weighted by molar-refractivity contribution is 0.318. The van der Waals surface area contributed by atoms with Crippen molar-refractivity contribution < 1.29 is 4.74 Å². The minimum absolute atomic E-state index is 0.782. The van der Waals surface area contributed by atoms with Crippen LogP contribution in [-0.4, -0.2) is 25.2 Å². The van der Waals surface area contributed by atoms with E-state index >= 15 is 0 Å². The SMILES string of the molecule is CCCOc1cc(C)ccc1NCCCCSC. The van der Waals surface area contributed by atoms with Crippen molar-refractivity contribution in [2.75, 3.05) is 30.5 Å². The van der Waals surface area contributed by atoms with E-state index in [1.807, 2.05) is 11.8 Å². The van der Waals surface area contributed by atoms with Crippen LogP contribution in [0, 0.1) is 6.92 Å². The van der Waals surface area contributed by atoms with Crippen LogP contribution in [0.2, 0.25) is 0 Å². The van der Waals surface area contributed by atoms with Gasteiger partial charge in [-0.2, -0.15) is 11.8 Å². The van der Waals surface area contributed by atoms with Crippen molar-refractivity contribution in [2.45, 2.75) is 33.1 Å². The molecule has 0 unspecified atom stereocenters. The molecule has 0 aliphatic heterocycles. The molecule has 0 aliphatic carbocycles. The minimum Gasteiger partial charge on any atom is -0.491 e. The van der Waals surface area contributed by atoms with Crippen LogP contribution in [-0.2, 0) is 0 Å². The highest BCUT2D eigenvalue weighted by molar-refractivity contribution is 7.98. The van der Waals surface area contributed by atoms with E-state index in [0.29, 0.717) is 0 Å². The van der Waals surface area contributed by atoms with Crippen molar-refractivity contribution in [2.24, 2.45) is 0 Å².